The highest BCUT2D eigenvalue weighted by Crippen LogP contribution is 2.32. The first-order valence-corrected chi connectivity index (χ1v) is 11.5. The van der Waals surface area contributed by atoms with Crippen molar-refractivity contribution in [2.45, 2.75) is 50.5 Å². The molecule has 35 heavy (non-hydrogen) atoms. The lowest BCUT2D eigenvalue weighted by molar-refractivity contribution is -0.140. The number of rotatable bonds is 10. The molecule has 188 valence electrons. The first-order chi connectivity index (χ1) is 16.7. The van der Waals surface area contributed by atoms with Gasteiger partial charge in [0.2, 0.25) is 5.91 Å². The molecule has 1 aromatic carbocycles. The highest BCUT2D eigenvalue weighted by molar-refractivity contribution is 5.97. The number of hydrogen-bond donors (Lipinski definition) is 6. The van der Waals surface area contributed by atoms with Crippen molar-refractivity contribution in [3.05, 3.63) is 29.8 Å². The van der Waals surface area contributed by atoms with E-state index in [1.54, 1.807) is 24.3 Å². The van der Waals surface area contributed by atoms with E-state index in [2.05, 4.69) is 21.9 Å². The quantitative estimate of drug-likeness (QED) is 0.248. The van der Waals surface area contributed by atoms with Crippen LogP contribution >= 0.6 is 0 Å². The van der Waals surface area contributed by atoms with Crippen molar-refractivity contribution >= 4 is 29.4 Å². The molecule has 5 atom stereocenters. The maximum absolute atomic E-state index is 12.5. The zero-order chi connectivity index (χ0) is 25.5. The van der Waals surface area contributed by atoms with E-state index >= 15 is 0 Å². The molecule has 4 unspecified atom stereocenters. The molecule has 7 N–H and O–H groups in total. The van der Waals surface area contributed by atoms with E-state index in [0.29, 0.717) is 19.5 Å². The van der Waals surface area contributed by atoms with Crippen LogP contribution in [0.4, 0.5) is 5.69 Å². The van der Waals surface area contributed by atoms with E-state index in [1.807, 2.05) is 4.90 Å². The third-order valence-electron chi connectivity index (χ3n) is 6.49. The molecule has 1 saturated heterocycles. The van der Waals surface area contributed by atoms with Gasteiger partial charge in [0, 0.05) is 30.3 Å². The Balaban J connectivity index is 1.63. The SMILES string of the molecule is C#CCN(CC1CCC2NC(N)NC(=O)C2C1)c1ccc(C(=O)N[C@@H](CCC(=O)O)C(=O)O)cc1. The Kier molecular flexibility index (Phi) is 8.68. The number of carboxylic acid groups (broad SMARTS) is 2. The molecule has 1 heterocycles. The molecule has 2 amide bonds. The number of carbonyl (C=O) groups is 4. The minimum Gasteiger partial charge on any atom is -0.481 e. The van der Waals surface area contributed by atoms with Crippen molar-refractivity contribution in [2.24, 2.45) is 17.6 Å². The fourth-order valence-electron chi connectivity index (χ4n) is 4.72. The molecule has 1 aromatic rings. The number of nitrogens with one attached hydrogen (secondary N) is 3. The van der Waals surface area contributed by atoms with Gasteiger partial charge >= 0.3 is 11.9 Å². The Hall–Kier alpha value is -3.62. The zero-order valence-corrected chi connectivity index (χ0v) is 19.3. The molecule has 2 fully saturated rings. The van der Waals surface area contributed by atoms with E-state index in [0.717, 1.165) is 18.5 Å². The van der Waals surface area contributed by atoms with Gasteiger partial charge in [0.1, 0.15) is 12.3 Å². The summed E-state index contributed by atoms with van der Waals surface area (Å²) in [6.45, 7) is 0.996. The minimum atomic E-state index is -1.30. The Labute approximate surface area is 203 Å². The molecule has 0 spiro atoms. The maximum Gasteiger partial charge on any atom is 0.326 e. The lowest BCUT2D eigenvalue weighted by atomic mass is 9.76. The monoisotopic (exact) mass is 485 g/mol. The van der Waals surface area contributed by atoms with Gasteiger partial charge in [-0.05, 0) is 55.9 Å². The number of benzene rings is 1. The lowest BCUT2D eigenvalue weighted by Gasteiger charge is -2.42. The van der Waals surface area contributed by atoms with Crippen LogP contribution in [0.2, 0.25) is 0 Å². The van der Waals surface area contributed by atoms with Crippen LogP contribution in [-0.4, -0.2) is 65.4 Å². The van der Waals surface area contributed by atoms with Crippen LogP contribution in [-0.2, 0) is 14.4 Å². The third-order valence-corrected chi connectivity index (χ3v) is 6.49. The van der Waals surface area contributed by atoms with Crippen LogP contribution in [0.3, 0.4) is 0 Å². The molecule has 1 aliphatic carbocycles. The molecule has 11 nitrogen and oxygen atoms in total. The Morgan fingerprint density at radius 3 is 2.57 bits per heavy atom. The normalized spacial score (nSPS) is 24.3. The highest BCUT2D eigenvalue weighted by Gasteiger charge is 2.39. The summed E-state index contributed by atoms with van der Waals surface area (Å²) in [5.74, 6) is -0.317. The molecule has 1 saturated carbocycles. The van der Waals surface area contributed by atoms with Crippen molar-refractivity contribution < 1.29 is 29.4 Å². The summed E-state index contributed by atoms with van der Waals surface area (Å²) < 4.78 is 0. The fourth-order valence-corrected chi connectivity index (χ4v) is 4.72. The highest BCUT2D eigenvalue weighted by atomic mass is 16.4. The second-order valence-electron chi connectivity index (χ2n) is 8.97. The smallest absolute Gasteiger partial charge is 0.326 e. The zero-order valence-electron chi connectivity index (χ0n) is 19.3. The van der Waals surface area contributed by atoms with Crippen LogP contribution in [0.25, 0.3) is 0 Å². The Morgan fingerprint density at radius 2 is 1.94 bits per heavy atom. The first-order valence-electron chi connectivity index (χ1n) is 11.5. The van der Waals surface area contributed by atoms with Crippen LogP contribution in [0, 0.1) is 24.2 Å². The van der Waals surface area contributed by atoms with E-state index in [1.165, 1.54) is 0 Å². The van der Waals surface area contributed by atoms with Crippen molar-refractivity contribution in [3.8, 4) is 12.3 Å². The third kappa shape index (κ3) is 6.94. The number of nitrogens with two attached hydrogens (primary N) is 1. The average Bonchev–Trinajstić information content (AvgIpc) is 2.81. The number of anilines is 1. The van der Waals surface area contributed by atoms with Gasteiger partial charge in [-0.3, -0.25) is 25.4 Å². The van der Waals surface area contributed by atoms with Gasteiger partial charge in [-0.1, -0.05) is 5.92 Å². The Bertz CT molecular complexity index is 991. The van der Waals surface area contributed by atoms with Crippen molar-refractivity contribution in [1.82, 2.24) is 16.0 Å². The predicted octanol–water partition coefficient (Wildman–Crippen LogP) is -0.0794. The van der Waals surface area contributed by atoms with Gasteiger partial charge in [-0.15, -0.1) is 6.42 Å². The summed E-state index contributed by atoms with van der Waals surface area (Å²) in [4.78, 5) is 49.0. The number of hydrogen-bond acceptors (Lipinski definition) is 7. The summed E-state index contributed by atoms with van der Waals surface area (Å²) in [6.07, 6.45) is 6.95. The molecule has 11 heteroatoms. The number of carboxylic acids is 2. The number of carbonyl (C=O) groups excluding carboxylic acids is 2. The molecular weight excluding hydrogens is 454 g/mol. The maximum atomic E-state index is 12.5. The lowest BCUT2D eigenvalue weighted by Crippen LogP contribution is -2.66. The van der Waals surface area contributed by atoms with Crippen LogP contribution in [0.1, 0.15) is 42.5 Å². The van der Waals surface area contributed by atoms with Gasteiger partial charge < -0.3 is 25.7 Å². The van der Waals surface area contributed by atoms with Gasteiger partial charge in [-0.25, -0.2) is 4.79 Å². The molecule has 1 aliphatic heterocycles. The molecule has 0 bridgehead atoms. The van der Waals surface area contributed by atoms with E-state index in [9.17, 15) is 24.3 Å². The summed E-state index contributed by atoms with van der Waals surface area (Å²) in [5.41, 5.74) is 6.86. The number of amides is 2. The molecule has 0 radical (unpaired) electrons. The summed E-state index contributed by atoms with van der Waals surface area (Å²) in [7, 11) is 0. The molecule has 2 aliphatic rings. The van der Waals surface area contributed by atoms with Gasteiger partial charge in [0.15, 0.2) is 0 Å². The largest absolute Gasteiger partial charge is 0.481 e. The van der Waals surface area contributed by atoms with Gasteiger partial charge in [0.05, 0.1) is 12.5 Å². The minimum absolute atomic E-state index is 0.0344. The molecule has 3 rings (SSSR count). The van der Waals surface area contributed by atoms with Crippen molar-refractivity contribution in [3.63, 3.8) is 0 Å². The van der Waals surface area contributed by atoms with Crippen molar-refractivity contribution in [2.75, 3.05) is 18.0 Å². The van der Waals surface area contributed by atoms with Crippen molar-refractivity contribution in [1.29, 1.82) is 0 Å². The number of aliphatic carboxylic acids is 2. The second kappa shape index (κ2) is 11.7. The molecular formula is C24H31N5O6. The predicted molar refractivity (Wildman–Crippen MR) is 127 cm³/mol. The van der Waals surface area contributed by atoms with Crippen LogP contribution < -0.4 is 26.6 Å². The summed E-state index contributed by atoms with van der Waals surface area (Å²) in [6, 6.07) is 5.38. The van der Waals surface area contributed by atoms with E-state index < -0.39 is 30.2 Å². The van der Waals surface area contributed by atoms with E-state index in [-0.39, 0.29) is 42.2 Å². The summed E-state index contributed by atoms with van der Waals surface area (Å²) >= 11 is 0. The summed E-state index contributed by atoms with van der Waals surface area (Å²) in [5, 5.41) is 26.3. The standard InChI is InChI=1S/C24H31N5O6/c1-2-11-29(13-14-3-8-18-17(12-14)22(33)28-24(25)27-18)16-6-4-15(5-7-16)21(32)26-19(23(34)35)9-10-20(30)31/h1,4-7,14,17-19,24,27H,3,8-13,25H2,(H,26,32)(H,28,33)(H,30,31)(H,34,35)/t14?,17?,18?,19-,24?/m0/s1. The average molecular weight is 486 g/mol. The van der Waals surface area contributed by atoms with Crippen LogP contribution in [0.5, 0.6) is 0 Å². The van der Waals surface area contributed by atoms with Gasteiger partial charge in [0.25, 0.3) is 5.91 Å². The molecule has 0 aromatic heterocycles. The number of terminal acetylenes is 1. The van der Waals surface area contributed by atoms with Crippen LogP contribution in [0.15, 0.2) is 24.3 Å². The van der Waals surface area contributed by atoms with Gasteiger partial charge in [-0.2, -0.15) is 0 Å². The number of nitrogens with zero attached hydrogens (tertiary/aromatic N) is 1. The second-order valence-corrected chi connectivity index (χ2v) is 8.97. The topological polar surface area (TPSA) is 174 Å². The Morgan fingerprint density at radius 1 is 1.23 bits per heavy atom. The van der Waals surface area contributed by atoms with E-state index in [4.69, 9.17) is 17.3 Å². The number of fused-ring (bicyclic) bond motifs is 1. The fraction of sp³-hybridized carbons (Fsp3) is 0.500. The first kappa shape index (κ1) is 26.0.